The molecule has 0 aromatic heterocycles. The standard InChI is InChI=1S/C3H7BrO2.C2H4O2/c1-6-3(5)2-4;1-2(3)4/h3,5H,2H2,1H3;1H3,(H,3,4). The summed E-state index contributed by atoms with van der Waals surface area (Å²) in [5.74, 6) is -0.833. The molecular weight excluding hydrogens is 204 g/mol. The van der Waals surface area contributed by atoms with Crippen molar-refractivity contribution in [2.24, 2.45) is 0 Å². The number of aliphatic carboxylic acids is 1. The van der Waals surface area contributed by atoms with Gasteiger partial charge in [-0.05, 0) is 0 Å². The van der Waals surface area contributed by atoms with Gasteiger partial charge in [-0.15, -0.1) is 0 Å². The summed E-state index contributed by atoms with van der Waals surface area (Å²) in [7, 11) is 1.45. The number of carboxylic acids is 1. The van der Waals surface area contributed by atoms with E-state index >= 15 is 0 Å². The topological polar surface area (TPSA) is 66.8 Å². The van der Waals surface area contributed by atoms with E-state index in [1.54, 1.807) is 0 Å². The van der Waals surface area contributed by atoms with Crippen molar-refractivity contribution in [1.82, 2.24) is 0 Å². The van der Waals surface area contributed by atoms with E-state index in [-0.39, 0.29) is 0 Å². The van der Waals surface area contributed by atoms with Gasteiger partial charge >= 0.3 is 0 Å². The second kappa shape index (κ2) is 8.87. The van der Waals surface area contributed by atoms with Crippen molar-refractivity contribution < 1.29 is 19.7 Å². The molecule has 0 bridgehead atoms. The Kier molecular flexibility index (Phi) is 11.1. The van der Waals surface area contributed by atoms with E-state index in [0.717, 1.165) is 6.92 Å². The van der Waals surface area contributed by atoms with E-state index in [1.165, 1.54) is 7.11 Å². The normalized spacial score (nSPS) is 11.2. The average Bonchev–Trinajstić information content (AvgIpc) is 1.85. The summed E-state index contributed by atoms with van der Waals surface area (Å²) < 4.78 is 4.41. The minimum atomic E-state index is -0.833. The third kappa shape index (κ3) is 24.8. The summed E-state index contributed by atoms with van der Waals surface area (Å²) in [5.41, 5.74) is 0. The summed E-state index contributed by atoms with van der Waals surface area (Å²) in [5, 5.41) is 16.3. The van der Waals surface area contributed by atoms with E-state index in [0.29, 0.717) is 5.33 Å². The number of methoxy groups -OCH3 is 1. The molecule has 0 fully saturated rings. The highest BCUT2D eigenvalue weighted by Gasteiger charge is 1.92. The van der Waals surface area contributed by atoms with Gasteiger partial charge in [-0.25, -0.2) is 0 Å². The Hall–Kier alpha value is -0.130. The Balaban J connectivity index is 0. The van der Waals surface area contributed by atoms with E-state index in [1.807, 2.05) is 0 Å². The molecule has 0 spiro atoms. The van der Waals surface area contributed by atoms with Gasteiger partial charge in [-0.2, -0.15) is 0 Å². The van der Waals surface area contributed by atoms with Crippen LogP contribution < -0.4 is 0 Å². The monoisotopic (exact) mass is 214 g/mol. The van der Waals surface area contributed by atoms with Gasteiger partial charge < -0.3 is 14.9 Å². The maximum absolute atomic E-state index is 9.00. The Morgan fingerprint density at radius 2 is 2.10 bits per heavy atom. The third-order valence-corrected chi connectivity index (χ3v) is 0.958. The first-order valence-corrected chi connectivity index (χ1v) is 3.63. The molecule has 0 saturated carbocycles. The van der Waals surface area contributed by atoms with Crippen molar-refractivity contribution in [2.45, 2.75) is 13.2 Å². The smallest absolute Gasteiger partial charge is 0.300 e. The molecular formula is C5H11BrO4. The molecule has 1 atom stereocenters. The van der Waals surface area contributed by atoms with Crippen LogP contribution in [0, 0.1) is 0 Å². The third-order valence-electron chi connectivity index (χ3n) is 0.404. The van der Waals surface area contributed by atoms with Crippen molar-refractivity contribution in [2.75, 3.05) is 12.4 Å². The van der Waals surface area contributed by atoms with Crippen LogP contribution in [0.15, 0.2) is 0 Å². The lowest BCUT2D eigenvalue weighted by Gasteiger charge is -1.99. The number of hydrogen-bond acceptors (Lipinski definition) is 3. The highest BCUT2D eigenvalue weighted by molar-refractivity contribution is 9.09. The largest absolute Gasteiger partial charge is 0.481 e. The first-order valence-electron chi connectivity index (χ1n) is 2.51. The number of aliphatic hydroxyl groups excluding tert-OH is 1. The van der Waals surface area contributed by atoms with Gasteiger partial charge in [0.05, 0.1) is 5.33 Å². The zero-order valence-corrected chi connectivity index (χ0v) is 7.46. The summed E-state index contributed by atoms with van der Waals surface area (Å²) in [4.78, 5) is 9.00. The highest BCUT2D eigenvalue weighted by Crippen LogP contribution is 1.87. The summed E-state index contributed by atoms with van der Waals surface area (Å²) in [6.07, 6.45) is -0.648. The van der Waals surface area contributed by atoms with Crippen LogP contribution in [0.5, 0.6) is 0 Å². The van der Waals surface area contributed by atoms with Crippen LogP contribution in [0.4, 0.5) is 0 Å². The zero-order chi connectivity index (χ0) is 8.57. The molecule has 0 aromatic carbocycles. The van der Waals surface area contributed by atoms with Gasteiger partial charge in [0.2, 0.25) is 0 Å². The van der Waals surface area contributed by atoms with Crippen LogP contribution in [0.2, 0.25) is 0 Å². The molecule has 0 aliphatic heterocycles. The fraction of sp³-hybridized carbons (Fsp3) is 0.800. The molecule has 0 saturated heterocycles. The second-order valence-electron chi connectivity index (χ2n) is 1.36. The predicted octanol–water partition coefficient (Wildman–Crippen LogP) is 0.437. The molecule has 4 nitrogen and oxygen atoms in total. The first-order chi connectivity index (χ1) is 4.54. The summed E-state index contributed by atoms with van der Waals surface area (Å²) >= 11 is 3.00. The van der Waals surface area contributed by atoms with Crippen LogP contribution in [0.3, 0.4) is 0 Å². The lowest BCUT2D eigenvalue weighted by molar-refractivity contribution is -0.134. The number of halogens is 1. The lowest BCUT2D eigenvalue weighted by Crippen LogP contribution is -2.08. The molecule has 0 heterocycles. The lowest BCUT2D eigenvalue weighted by atomic mass is 10.8. The highest BCUT2D eigenvalue weighted by atomic mass is 79.9. The van der Waals surface area contributed by atoms with Gasteiger partial charge in [0, 0.05) is 14.0 Å². The molecule has 62 valence electrons. The maximum Gasteiger partial charge on any atom is 0.300 e. The second-order valence-corrected chi connectivity index (χ2v) is 2.01. The molecule has 10 heavy (non-hydrogen) atoms. The Morgan fingerprint density at radius 1 is 1.80 bits per heavy atom. The van der Waals surface area contributed by atoms with Gasteiger partial charge in [0.15, 0.2) is 6.29 Å². The Morgan fingerprint density at radius 3 is 2.10 bits per heavy atom. The minimum Gasteiger partial charge on any atom is -0.481 e. The molecule has 0 aromatic rings. The van der Waals surface area contributed by atoms with Crippen LogP contribution in [-0.4, -0.2) is 34.9 Å². The molecule has 0 aliphatic carbocycles. The van der Waals surface area contributed by atoms with E-state index in [9.17, 15) is 0 Å². The molecule has 2 N–H and O–H groups in total. The van der Waals surface area contributed by atoms with E-state index in [4.69, 9.17) is 15.0 Å². The number of rotatable bonds is 2. The minimum absolute atomic E-state index is 0.476. The molecule has 0 aliphatic rings. The number of carbonyl (C=O) groups is 1. The summed E-state index contributed by atoms with van der Waals surface area (Å²) in [6.45, 7) is 1.08. The van der Waals surface area contributed by atoms with Gasteiger partial charge in [-0.3, -0.25) is 4.79 Å². The fourth-order valence-electron chi connectivity index (χ4n) is 0.0630. The van der Waals surface area contributed by atoms with Crippen LogP contribution in [-0.2, 0) is 9.53 Å². The number of alkyl halides is 1. The number of aliphatic hydroxyl groups is 1. The maximum atomic E-state index is 9.00. The predicted molar refractivity (Wildman–Crippen MR) is 40.1 cm³/mol. The number of carboxylic acid groups (broad SMARTS) is 1. The first kappa shape index (κ1) is 12.5. The van der Waals surface area contributed by atoms with Gasteiger partial charge in [0.25, 0.3) is 5.97 Å². The Bertz CT molecular complexity index is 77.7. The van der Waals surface area contributed by atoms with Crippen molar-refractivity contribution >= 4 is 21.9 Å². The molecule has 0 rings (SSSR count). The van der Waals surface area contributed by atoms with Crippen LogP contribution >= 0.6 is 15.9 Å². The van der Waals surface area contributed by atoms with Crippen molar-refractivity contribution in [3.8, 4) is 0 Å². The SMILES string of the molecule is CC(=O)O.COC(O)CBr. The molecule has 0 radical (unpaired) electrons. The van der Waals surface area contributed by atoms with Crippen molar-refractivity contribution in [3.05, 3.63) is 0 Å². The average molecular weight is 215 g/mol. The Labute approximate surface area is 67.9 Å². The van der Waals surface area contributed by atoms with Crippen molar-refractivity contribution in [1.29, 1.82) is 0 Å². The molecule has 5 heteroatoms. The summed E-state index contributed by atoms with van der Waals surface area (Å²) in [6, 6.07) is 0. The number of ether oxygens (including phenoxy) is 1. The van der Waals surface area contributed by atoms with E-state index in [2.05, 4.69) is 20.7 Å². The fourth-order valence-corrected chi connectivity index (χ4v) is 0.327. The van der Waals surface area contributed by atoms with Gasteiger partial charge in [-0.1, -0.05) is 15.9 Å². The number of hydrogen-bond donors (Lipinski definition) is 2. The van der Waals surface area contributed by atoms with Gasteiger partial charge in [0.1, 0.15) is 0 Å². The zero-order valence-electron chi connectivity index (χ0n) is 5.87. The van der Waals surface area contributed by atoms with E-state index < -0.39 is 12.3 Å². The quantitative estimate of drug-likeness (QED) is 0.518. The molecule has 0 amide bonds. The molecule has 1 unspecified atom stereocenters. The van der Waals surface area contributed by atoms with Crippen LogP contribution in [0.1, 0.15) is 6.92 Å². The van der Waals surface area contributed by atoms with Crippen molar-refractivity contribution in [3.63, 3.8) is 0 Å². The van der Waals surface area contributed by atoms with Crippen LogP contribution in [0.25, 0.3) is 0 Å².